The summed E-state index contributed by atoms with van der Waals surface area (Å²) >= 11 is 0. The molecule has 3 heterocycles. The molecule has 102 valence electrons. The Bertz CT molecular complexity index is 476. The molecule has 2 saturated heterocycles. The van der Waals surface area contributed by atoms with E-state index in [0.717, 1.165) is 24.1 Å². The van der Waals surface area contributed by atoms with E-state index >= 15 is 0 Å². The Balaban J connectivity index is 1.73. The van der Waals surface area contributed by atoms with E-state index in [1.807, 2.05) is 31.0 Å². The molecule has 0 aliphatic carbocycles. The number of pyridine rings is 1. The van der Waals surface area contributed by atoms with Crippen LogP contribution in [-0.2, 0) is 0 Å². The van der Waals surface area contributed by atoms with Crippen molar-refractivity contribution in [2.45, 2.75) is 50.7 Å². The second-order valence-corrected chi connectivity index (χ2v) is 5.87. The predicted molar refractivity (Wildman–Crippen MR) is 74.0 cm³/mol. The summed E-state index contributed by atoms with van der Waals surface area (Å²) in [5.41, 5.74) is 1.64. The van der Waals surface area contributed by atoms with E-state index in [0.29, 0.717) is 18.1 Å². The number of aromatic nitrogens is 1. The van der Waals surface area contributed by atoms with E-state index in [1.165, 1.54) is 12.8 Å². The highest BCUT2D eigenvalue weighted by atomic mass is 16.2. The minimum Gasteiger partial charge on any atom is -0.339 e. The average Bonchev–Trinajstić information content (AvgIpc) is 2.76. The van der Waals surface area contributed by atoms with Crippen LogP contribution in [0.5, 0.6) is 0 Å². The maximum absolute atomic E-state index is 12.5. The number of carbonyl (C=O) groups excluding carboxylic acids is 1. The Kier molecular flexibility index (Phi) is 3.27. The van der Waals surface area contributed by atoms with Crippen molar-refractivity contribution >= 4 is 5.91 Å². The van der Waals surface area contributed by atoms with Crippen molar-refractivity contribution in [3.63, 3.8) is 0 Å². The fraction of sp³-hybridized carbons (Fsp3) is 0.600. The molecule has 0 spiro atoms. The molecule has 2 aliphatic rings. The van der Waals surface area contributed by atoms with Gasteiger partial charge in [0.15, 0.2) is 0 Å². The second kappa shape index (κ2) is 4.93. The highest BCUT2D eigenvalue weighted by Gasteiger charge is 2.36. The zero-order chi connectivity index (χ0) is 13.4. The zero-order valence-corrected chi connectivity index (χ0v) is 11.6. The van der Waals surface area contributed by atoms with Crippen molar-refractivity contribution in [3.8, 4) is 0 Å². The summed E-state index contributed by atoms with van der Waals surface area (Å²) in [7, 11) is 1.94. The standard InChI is InChI=1S/C15H21N3O/c1-10-7-11(5-6-16-10)15(19)18(2)14-8-12-3-4-13(9-14)17-12/h5-7,12-14,17H,3-4,8-9H2,1-2H3. The summed E-state index contributed by atoms with van der Waals surface area (Å²) in [6.07, 6.45) is 6.41. The number of carbonyl (C=O) groups is 1. The summed E-state index contributed by atoms with van der Waals surface area (Å²) in [6, 6.07) is 5.27. The largest absolute Gasteiger partial charge is 0.339 e. The maximum Gasteiger partial charge on any atom is 0.253 e. The first-order valence-corrected chi connectivity index (χ1v) is 7.09. The van der Waals surface area contributed by atoms with E-state index in [1.54, 1.807) is 6.20 Å². The molecular weight excluding hydrogens is 238 g/mol. The molecule has 3 rings (SSSR count). The summed E-state index contributed by atoms with van der Waals surface area (Å²) in [6.45, 7) is 1.92. The van der Waals surface area contributed by atoms with Gasteiger partial charge in [0.05, 0.1) is 0 Å². The summed E-state index contributed by atoms with van der Waals surface area (Å²) in [4.78, 5) is 18.6. The fourth-order valence-corrected chi connectivity index (χ4v) is 3.39. The summed E-state index contributed by atoms with van der Waals surface area (Å²) in [5, 5.41) is 3.61. The summed E-state index contributed by atoms with van der Waals surface area (Å²) < 4.78 is 0. The number of rotatable bonds is 2. The number of nitrogens with one attached hydrogen (secondary N) is 1. The Morgan fingerprint density at radius 3 is 2.68 bits per heavy atom. The van der Waals surface area contributed by atoms with Gasteiger partial charge in [0.2, 0.25) is 0 Å². The van der Waals surface area contributed by atoms with Crippen molar-refractivity contribution in [3.05, 3.63) is 29.6 Å². The first-order valence-electron chi connectivity index (χ1n) is 7.09. The number of amides is 1. The van der Waals surface area contributed by atoms with Crippen molar-refractivity contribution < 1.29 is 4.79 Å². The van der Waals surface area contributed by atoms with E-state index in [-0.39, 0.29) is 5.91 Å². The van der Waals surface area contributed by atoms with Gasteiger partial charge in [0.25, 0.3) is 5.91 Å². The Labute approximate surface area is 114 Å². The molecular formula is C15H21N3O. The number of nitrogens with zero attached hydrogens (tertiary/aromatic N) is 2. The zero-order valence-electron chi connectivity index (χ0n) is 11.6. The lowest BCUT2D eigenvalue weighted by Gasteiger charge is -2.35. The lowest BCUT2D eigenvalue weighted by atomic mass is 9.98. The molecule has 2 unspecified atom stereocenters. The van der Waals surface area contributed by atoms with Crippen LogP contribution in [0.3, 0.4) is 0 Å². The van der Waals surface area contributed by atoms with Crippen LogP contribution in [0, 0.1) is 6.92 Å². The first-order chi connectivity index (χ1) is 9.13. The molecule has 2 fully saturated rings. The Morgan fingerprint density at radius 1 is 1.37 bits per heavy atom. The van der Waals surface area contributed by atoms with E-state index in [9.17, 15) is 4.79 Å². The molecule has 1 aromatic rings. The monoisotopic (exact) mass is 259 g/mol. The molecule has 4 nitrogen and oxygen atoms in total. The first kappa shape index (κ1) is 12.6. The molecule has 4 heteroatoms. The van der Waals surface area contributed by atoms with Gasteiger partial charge in [-0.25, -0.2) is 0 Å². The Hall–Kier alpha value is -1.42. The van der Waals surface area contributed by atoms with Crippen LogP contribution < -0.4 is 5.32 Å². The number of fused-ring (bicyclic) bond motifs is 2. The molecule has 1 N–H and O–H groups in total. The van der Waals surface area contributed by atoms with E-state index < -0.39 is 0 Å². The molecule has 2 bridgehead atoms. The number of hydrogen-bond donors (Lipinski definition) is 1. The van der Waals surface area contributed by atoms with Crippen molar-refractivity contribution in [2.24, 2.45) is 0 Å². The third kappa shape index (κ3) is 2.50. The van der Waals surface area contributed by atoms with Gasteiger partial charge in [-0.15, -0.1) is 0 Å². The van der Waals surface area contributed by atoms with Gasteiger partial charge in [-0.1, -0.05) is 0 Å². The predicted octanol–water partition coefficient (Wildman–Crippen LogP) is 1.75. The molecule has 19 heavy (non-hydrogen) atoms. The van der Waals surface area contributed by atoms with Crippen molar-refractivity contribution in [2.75, 3.05) is 7.05 Å². The third-order valence-corrected chi connectivity index (χ3v) is 4.46. The molecule has 0 saturated carbocycles. The number of piperidine rings is 1. The highest BCUT2D eigenvalue weighted by Crippen LogP contribution is 2.29. The minimum atomic E-state index is 0.122. The van der Waals surface area contributed by atoms with Crippen LogP contribution >= 0.6 is 0 Å². The van der Waals surface area contributed by atoms with Crippen LogP contribution in [0.2, 0.25) is 0 Å². The van der Waals surface area contributed by atoms with E-state index in [2.05, 4.69) is 10.3 Å². The Morgan fingerprint density at radius 2 is 2.05 bits per heavy atom. The van der Waals surface area contributed by atoms with Crippen LogP contribution in [0.4, 0.5) is 0 Å². The normalized spacial score (nSPS) is 29.3. The molecule has 1 amide bonds. The van der Waals surface area contributed by atoms with Crippen molar-refractivity contribution in [1.82, 2.24) is 15.2 Å². The molecule has 1 aromatic heterocycles. The minimum absolute atomic E-state index is 0.122. The van der Waals surface area contributed by atoms with Gasteiger partial charge >= 0.3 is 0 Å². The smallest absolute Gasteiger partial charge is 0.253 e. The van der Waals surface area contributed by atoms with Crippen LogP contribution in [0.25, 0.3) is 0 Å². The number of hydrogen-bond acceptors (Lipinski definition) is 3. The molecule has 2 aliphatic heterocycles. The third-order valence-electron chi connectivity index (χ3n) is 4.46. The maximum atomic E-state index is 12.5. The lowest BCUT2D eigenvalue weighted by Crippen LogP contribution is -2.48. The van der Waals surface area contributed by atoms with Gasteiger partial charge in [-0.05, 0) is 44.7 Å². The fourth-order valence-electron chi connectivity index (χ4n) is 3.39. The van der Waals surface area contributed by atoms with Crippen molar-refractivity contribution in [1.29, 1.82) is 0 Å². The van der Waals surface area contributed by atoms with Crippen LogP contribution in [-0.4, -0.2) is 41.0 Å². The summed E-state index contributed by atoms with van der Waals surface area (Å²) in [5.74, 6) is 0.122. The molecule has 0 aromatic carbocycles. The quantitative estimate of drug-likeness (QED) is 0.880. The van der Waals surface area contributed by atoms with E-state index in [4.69, 9.17) is 0 Å². The number of aryl methyl sites for hydroxylation is 1. The average molecular weight is 259 g/mol. The molecule has 0 radical (unpaired) electrons. The van der Waals surface area contributed by atoms with Gasteiger partial charge in [-0.3, -0.25) is 9.78 Å². The van der Waals surface area contributed by atoms with Gasteiger partial charge in [0, 0.05) is 42.6 Å². The topological polar surface area (TPSA) is 45.2 Å². The van der Waals surface area contributed by atoms with Gasteiger partial charge in [0.1, 0.15) is 0 Å². The highest BCUT2D eigenvalue weighted by molar-refractivity contribution is 5.94. The lowest BCUT2D eigenvalue weighted by molar-refractivity contribution is 0.0681. The van der Waals surface area contributed by atoms with Gasteiger partial charge in [-0.2, -0.15) is 0 Å². The van der Waals surface area contributed by atoms with Crippen LogP contribution in [0.1, 0.15) is 41.7 Å². The van der Waals surface area contributed by atoms with Gasteiger partial charge < -0.3 is 10.2 Å². The van der Waals surface area contributed by atoms with Crippen LogP contribution in [0.15, 0.2) is 18.3 Å². The SMILES string of the molecule is Cc1cc(C(=O)N(C)C2CC3CCC(C2)N3)ccn1. The second-order valence-electron chi connectivity index (χ2n) is 5.87. The molecule has 2 atom stereocenters.